The minimum absolute atomic E-state index is 0.106. The van der Waals surface area contributed by atoms with E-state index in [4.69, 9.17) is 0 Å². The summed E-state index contributed by atoms with van der Waals surface area (Å²) in [5, 5.41) is 12.3. The molecule has 1 saturated heterocycles. The molecule has 1 aliphatic rings. The van der Waals surface area contributed by atoms with Crippen LogP contribution >= 0.6 is 0 Å². The zero-order valence-corrected chi connectivity index (χ0v) is 16.5. The first-order valence-corrected chi connectivity index (χ1v) is 9.49. The Hall–Kier alpha value is -3.09. The molecule has 0 atom stereocenters. The van der Waals surface area contributed by atoms with Gasteiger partial charge in [-0.3, -0.25) is 4.79 Å². The molecule has 7 nitrogen and oxygen atoms in total. The van der Waals surface area contributed by atoms with Crippen molar-refractivity contribution < 1.29 is 14.7 Å². The van der Waals surface area contributed by atoms with E-state index >= 15 is 0 Å². The molecule has 0 bridgehead atoms. The van der Waals surface area contributed by atoms with Crippen LogP contribution in [0.25, 0.3) is 0 Å². The number of carboxylic acid groups (broad SMARTS) is 1. The Kier molecular flexibility index (Phi) is 5.82. The first kappa shape index (κ1) is 19.7. The Labute approximate surface area is 165 Å². The van der Waals surface area contributed by atoms with Gasteiger partial charge in [-0.05, 0) is 37.1 Å². The third kappa shape index (κ3) is 4.24. The van der Waals surface area contributed by atoms with E-state index in [1.807, 2.05) is 4.90 Å². The first-order valence-electron chi connectivity index (χ1n) is 9.49. The van der Waals surface area contributed by atoms with E-state index in [0.717, 1.165) is 13.1 Å². The predicted molar refractivity (Wildman–Crippen MR) is 110 cm³/mol. The Morgan fingerprint density at radius 1 is 1.11 bits per heavy atom. The third-order valence-corrected chi connectivity index (χ3v) is 4.99. The van der Waals surface area contributed by atoms with Crippen molar-refractivity contribution in [2.24, 2.45) is 0 Å². The largest absolute Gasteiger partial charge is 0.478 e. The molecule has 1 amide bonds. The van der Waals surface area contributed by atoms with E-state index in [-0.39, 0.29) is 11.5 Å². The number of carbonyl (C=O) groups is 2. The van der Waals surface area contributed by atoms with Crippen molar-refractivity contribution in [1.82, 2.24) is 4.98 Å². The van der Waals surface area contributed by atoms with Gasteiger partial charge < -0.3 is 20.2 Å². The maximum absolute atomic E-state index is 11.8. The molecule has 1 fully saturated rings. The molecule has 3 rings (SSSR count). The Morgan fingerprint density at radius 2 is 1.79 bits per heavy atom. The summed E-state index contributed by atoms with van der Waals surface area (Å²) in [4.78, 5) is 32.0. The number of aromatic nitrogens is 1. The van der Waals surface area contributed by atoms with Crippen molar-refractivity contribution >= 4 is 29.1 Å². The lowest BCUT2D eigenvalue weighted by molar-refractivity contribution is -0.115. The molecule has 148 valence electrons. The van der Waals surface area contributed by atoms with E-state index in [1.54, 1.807) is 6.92 Å². The van der Waals surface area contributed by atoms with Gasteiger partial charge in [-0.1, -0.05) is 19.1 Å². The van der Waals surface area contributed by atoms with Crippen molar-refractivity contribution in [2.75, 3.05) is 41.3 Å². The number of hydrogen-bond acceptors (Lipinski definition) is 5. The Bertz CT molecular complexity index is 889. The molecule has 0 unspecified atom stereocenters. The number of carbonyl (C=O) groups excluding carboxylic acids is 1. The summed E-state index contributed by atoms with van der Waals surface area (Å²) in [6.45, 7) is 8.88. The second kappa shape index (κ2) is 8.29. The summed E-state index contributed by atoms with van der Waals surface area (Å²) in [7, 11) is 0. The summed E-state index contributed by atoms with van der Waals surface area (Å²) in [6, 6.07) is 7.91. The zero-order valence-electron chi connectivity index (χ0n) is 16.5. The molecular weight excluding hydrogens is 356 g/mol. The molecule has 1 aromatic carbocycles. The van der Waals surface area contributed by atoms with E-state index in [2.05, 4.69) is 47.2 Å². The standard InChI is InChI=1S/C21H26N4O3/c1-4-19(26)23-16-12-17(21(27)28)20(22-13-16)25-9-7-24(8-10-25)18-11-14(2)5-6-15(18)3/h5-6,11-13H,4,7-10H2,1-3H3,(H,23,26)(H,27,28). The number of hydrogen-bond donors (Lipinski definition) is 2. The summed E-state index contributed by atoms with van der Waals surface area (Å²) in [5.74, 6) is -0.775. The molecule has 2 N–H and O–H groups in total. The van der Waals surface area contributed by atoms with Crippen molar-refractivity contribution in [1.29, 1.82) is 0 Å². The Morgan fingerprint density at radius 3 is 2.43 bits per heavy atom. The van der Waals surface area contributed by atoms with Gasteiger partial charge in [-0.2, -0.15) is 0 Å². The summed E-state index contributed by atoms with van der Waals surface area (Å²) < 4.78 is 0. The monoisotopic (exact) mass is 382 g/mol. The molecule has 7 heteroatoms. The lowest BCUT2D eigenvalue weighted by Crippen LogP contribution is -2.47. The van der Waals surface area contributed by atoms with Gasteiger partial charge >= 0.3 is 5.97 Å². The third-order valence-electron chi connectivity index (χ3n) is 4.99. The van der Waals surface area contributed by atoms with Gasteiger partial charge in [0.05, 0.1) is 11.9 Å². The number of aryl methyl sites for hydroxylation is 2. The number of rotatable bonds is 5. The van der Waals surface area contributed by atoms with Crippen LogP contribution in [0, 0.1) is 13.8 Å². The fourth-order valence-electron chi connectivity index (χ4n) is 3.40. The maximum atomic E-state index is 11.8. The molecular formula is C21H26N4O3. The summed E-state index contributed by atoms with van der Waals surface area (Å²) in [6.07, 6.45) is 1.84. The number of nitrogens with zero attached hydrogens (tertiary/aromatic N) is 3. The highest BCUT2D eigenvalue weighted by Crippen LogP contribution is 2.26. The number of carboxylic acids is 1. The fourth-order valence-corrected chi connectivity index (χ4v) is 3.40. The van der Waals surface area contributed by atoms with E-state index in [0.29, 0.717) is 31.0 Å². The van der Waals surface area contributed by atoms with Crippen LogP contribution in [-0.4, -0.2) is 48.1 Å². The van der Waals surface area contributed by atoms with E-state index in [1.165, 1.54) is 29.1 Å². The van der Waals surface area contributed by atoms with Gasteiger partial charge in [0.25, 0.3) is 0 Å². The van der Waals surface area contributed by atoms with Crippen LogP contribution in [0.5, 0.6) is 0 Å². The molecule has 2 heterocycles. The van der Waals surface area contributed by atoms with Crippen LogP contribution in [0.4, 0.5) is 17.2 Å². The summed E-state index contributed by atoms with van der Waals surface area (Å²) >= 11 is 0. The number of piperazine rings is 1. The first-order chi connectivity index (χ1) is 13.4. The van der Waals surface area contributed by atoms with Gasteiger partial charge in [-0.25, -0.2) is 9.78 Å². The normalized spacial score (nSPS) is 14.1. The van der Waals surface area contributed by atoms with Crippen LogP contribution in [0.3, 0.4) is 0 Å². The molecule has 0 radical (unpaired) electrons. The van der Waals surface area contributed by atoms with Crippen LogP contribution < -0.4 is 15.1 Å². The van der Waals surface area contributed by atoms with Gasteiger partial charge in [0.2, 0.25) is 5.91 Å². The van der Waals surface area contributed by atoms with Crippen molar-refractivity contribution in [3.63, 3.8) is 0 Å². The minimum Gasteiger partial charge on any atom is -0.478 e. The molecule has 28 heavy (non-hydrogen) atoms. The second-order valence-electron chi connectivity index (χ2n) is 7.07. The molecule has 0 saturated carbocycles. The van der Waals surface area contributed by atoms with E-state index < -0.39 is 5.97 Å². The topological polar surface area (TPSA) is 85.8 Å². The minimum atomic E-state index is -1.05. The van der Waals surface area contributed by atoms with Crippen LogP contribution in [-0.2, 0) is 4.79 Å². The number of amides is 1. The second-order valence-corrected chi connectivity index (χ2v) is 7.07. The molecule has 1 aromatic heterocycles. The lowest BCUT2D eigenvalue weighted by atomic mass is 10.1. The Balaban J connectivity index is 1.77. The van der Waals surface area contributed by atoms with Gasteiger partial charge in [0.15, 0.2) is 0 Å². The molecule has 0 aliphatic carbocycles. The maximum Gasteiger partial charge on any atom is 0.339 e. The smallest absolute Gasteiger partial charge is 0.339 e. The quantitative estimate of drug-likeness (QED) is 0.827. The highest BCUT2D eigenvalue weighted by atomic mass is 16.4. The van der Waals surface area contributed by atoms with Crippen molar-refractivity contribution in [2.45, 2.75) is 27.2 Å². The number of anilines is 3. The van der Waals surface area contributed by atoms with Crippen LogP contribution in [0.1, 0.15) is 34.8 Å². The molecule has 0 spiro atoms. The number of nitrogens with one attached hydrogen (secondary N) is 1. The van der Waals surface area contributed by atoms with E-state index in [9.17, 15) is 14.7 Å². The zero-order chi connectivity index (χ0) is 20.3. The van der Waals surface area contributed by atoms with Crippen molar-refractivity contribution in [3.05, 3.63) is 47.2 Å². The van der Waals surface area contributed by atoms with Crippen molar-refractivity contribution in [3.8, 4) is 0 Å². The van der Waals surface area contributed by atoms with Gasteiger partial charge in [0.1, 0.15) is 11.4 Å². The SMILES string of the molecule is CCC(=O)Nc1cnc(N2CCN(c3cc(C)ccc3C)CC2)c(C(=O)O)c1. The van der Waals surface area contributed by atoms with Gasteiger partial charge in [-0.15, -0.1) is 0 Å². The average molecular weight is 382 g/mol. The highest BCUT2D eigenvalue weighted by molar-refractivity contribution is 5.97. The predicted octanol–water partition coefficient (Wildman–Crippen LogP) is 3.07. The summed E-state index contributed by atoms with van der Waals surface area (Å²) in [5.41, 5.74) is 4.20. The number of pyridine rings is 1. The van der Waals surface area contributed by atoms with Gasteiger partial charge in [0, 0.05) is 38.3 Å². The average Bonchev–Trinajstić information content (AvgIpc) is 2.70. The number of benzene rings is 1. The number of aromatic carboxylic acids is 1. The van der Waals surface area contributed by atoms with Crippen LogP contribution in [0.15, 0.2) is 30.5 Å². The molecule has 1 aliphatic heterocycles. The highest BCUT2D eigenvalue weighted by Gasteiger charge is 2.24. The molecule has 2 aromatic rings. The van der Waals surface area contributed by atoms with Crippen LogP contribution in [0.2, 0.25) is 0 Å². The lowest BCUT2D eigenvalue weighted by Gasteiger charge is -2.38. The fraction of sp³-hybridized carbons (Fsp3) is 0.381.